The summed E-state index contributed by atoms with van der Waals surface area (Å²) in [7, 11) is 0. The topological polar surface area (TPSA) is 20.2 Å². The molecule has 2 aromatic carbocycles. The summed E-state index contributed by atoms with van der Waals surface area (Å²) in [6.07, 6.45) is -1.06. The number of benzene rings is 2. The number of hydrogen-bond donors (Lipinski definition) is 1. The number of rotatable bonds is 3. The Bertz CT molecular complexity index is 584. The predicted molar refractivity (Wildman–Crippen MR) is 74.2 cm³/mol. The van der Waals surface area contributed by atoms with Gasteiger partial charge in [-0.1, -0.05) is 33.6 Å². The lowest BCUT2D eigenvalue weighted by molar-refractivity contribution is 0.176. The van der Waals surface area contributed by atoms with Crippen LogP contribution in [0.25, 0.3) is 0 Å². The molecule has 0 radical (unpaired) electrons. The second-order valence-electron chi connectivity index (χ2n) is 4.09. The lowest BCUT2D eigenvalue weighted by atomic mass is 10.0. The third-order valence-corrected chi connectivity index (χ3v) is 3.85. The Morgan fingerprint density at radius 3 is 2.63 bits per heavy atom. The molecule has 0 aliphatic rings. The van der Waals surface area contributed by atoms with Gasteiger partial charge in [0.25, 0.3) is 0 Å². The van der Waals surface area contributed by atoms with Gasteiger partial charge < -0.3 is 5.11 Å². The maximum Gasteiger partial charge on any atom is 0.127 e. The van der Waals surface area contributed by atoms with Crippen LogP contribution in [-0.4, -0.2) is 5.11 Å². The first kappa shape index (κ1) is 14.4. The molecule has 19 heavy (non-hydrogen) atoms. The van der Waals surface area contributed by atoms with Gasteiger partial charge in [-0.05, 0) is 35.9 Å². The molecule has 5 heteroatoms. The molecule has 0 saturated carbocycles. The molecule has 0 aliphatic carbocycles. The summed E-state index contributed by atoms with van der Waals surface area (Å²) in [5.41, 5.74) is 0.576. The van der Waals surface area contributed by atoms with Gasteiger partial charge in [0.2, 0.25) is 0 Å². The van der Waals surface area contributed by atoms with Gasteiger partial charge in [0.05, 0.1) is 6.10 Å². The molecule has 1 unspecified atom stereocenters. The molecule has 100 valence electrons. The number of aliphatic hydroxyl groups excluding tert-OH is 1. The van der Waals surface area contributed by atoms with Crippen molar-refractivity contribution in [2.75, 3.05) is 0 Å². The average molecular weight is 348 g/mol. The Morgan fingerprint density at radius 1 is 1.21 bits per heavy atom. The van der Waals surface area contributed by atoms with E-state index in [1.807, 2.05) is 0 Å². The van der Waals surface area contributed by atoms with Crippen molar-refractivity contribution in [3.8, 4) is 0 Å². The standard InChI is InChI=1S/C14H10BrClF2O/c15-11-5-4-8(17)6-9(11)14(19)7-10-12(16)2-1-3-13(10)18/h1-6,14,19H,7H2. The highest BCUT2D eigenvalue weighted by Gasteiger charge is 2.17. The molecule has 0 heterocycles. The van der Waals surface area contributed by atoms with E-state index in [1.54, 1.807) is 6.07 Å². The van der Waals surface area contributed by atoms with E-state index < -0.39 is 17.7 Å². The van der Waals surface area contributed by atoms with E-state index in [4.69, 9.17) is 11.6 Å². The first-order valence-corrected chi connectivity index (χ1v) is 6.72. The van der Waals surface area contributed by atoms with E-state index in [1.165, 1.54) is 30.3 Å². The van der Waals surface area contributed by atoms with Crippen LogP contribution in [0, 0.1) is 11.6 Å². The number of hydrogen-bond acceptors (Lipinski definition) is 1. The van der Waals surface area contributed by atoms with E-state index in [0.29, 0.717) is 10.0 Å². The molecule has 0 fully saturated rings. The first-order chi connectivity index (χ1) is 8.99. The smallest absolute Gasteiger partial charge is 0.127 e. The van der Waals surface area contributed by atoms with Crippen molar-refractivity contribution in [2.45, 2.75) is 12.5 Å². The Balaban J connectivity index is 2.31. The maximum absolute atomic E-state index is 13.6. The normalized spacial score (nSPS) is 12.5. The van der Waals surface area contributed by atoms with Crippen molar-refractivity contribution < 1.29 is 13.9 Å². The molecule has 2 aromatic rings. The predicted octanol–water partition coefficient (Wildman–Crippen LogP) is 4.66. The Kier molecular flexibility index (Phi) is 4.55. The zero-order valence-corrected chi connectivity index (χ0v) is 12.0. The molecule has 1 N–H and O–H groups in total. The monoisotopic (exact) mass is 346 g/mol. The molecule has 0 aliphatic heterocycles. The SMILES string of the molecule is OC(Cc1c(F)cccc1Cl)c1cc(F)ccc1Br. The van der Waals surface area contributed by atoms with Crippen molar-refractivity contribution in [3.05, 3.63) is 68.7 Å². The molecule has 1 atom stereocenters. The average Bonchev–Trinajstić information content (AvgIpc) is 2.37. The minimum Gasteiger partial charge on any atom is -0.388 e. The molecule has 0 aromatic heterocycles. The minimum atomic E-state index is -1.04. The van der Waals surface area contributed by atoms with Crippen molar-refractivity contribution in [1.29, 1.82) is 0 Å². The van der Waals surface area contributed by atoms with Crippen LogP contribution in [0.15, 0.2) is 40.9 Å². The van der Waals surface area contributed by atoms with Gasteiger partial charge in [-0.3, -0.25) is 0 Å². The molecular formula is C14H10BrClF2O. The zero-order chi connectivity index (χ0) is 14.0. The van der Waals surface area contributed by atoms with E-state index >= 15 is 0 Å². The summed E-state index contributed by atoms with van der Waals surface area (Å²) in [5.74, 6) is -0.948. The highest BCUT2D eigenvalue weighted by atomic mass is 79.9. The van der Waals surface area contributed by atoms with Gasteiger partial charge in [0.15, 0.2) is 0 Å². The van der Waals surface area contributed by atoms with Crippen molar-refractivity contribution in [3.63, 3.8) is 0 Å². The van der Waals surface area contributed by atoms with Crippen LogP contribution in [0.5, 0.6) is 0 Å². The summed E-state index contributed by atoms with van der Waals surface area (Å²) in [6.45, 7) is 0. The number of halogens is 4. The van der Waals surface area contributed by atoms with Gasteiger partial charge >= 0.3 is 0 Å². The largest absolute Gasteiger partial charge is 0.388 e. The fraction of sp³-hybridized carbons (Fsp3) is 0.143. The molecule has 1 nitrogen and oxygen atoms in total. The lowest BCUT2D eigenvalue weighted by Gasteiger charge is -2.14. The van der Waals surface area contributed by atoms with Crippen LogP contribution in [0.4, 0.5) is 8.78 Å². The molecular weight excluding hydrogens is 338 g/mol. The van der Waals surface area contributed by atoms with Crippen LogP contribution in [0.3, 0.4) is 0 Å². The van der Waals surface area contributed by atoms with Crippen LogP contribution >= 0.6 is 27.5 Å². The Labute approximate surface area is 123 Å². The van der Waals surface area contributed by atoms with E-state index in [9.17, 15) is 13.9 Å². The van der Waals surface area contributed by atoms with Gasteiger partial charge in [-0.2, -0.15) is 0 Å². The molecule has 0 amide bonds. The second-order valence-corrected chi connectivity index (χ2v) is 5.35. The van der Waals surface area contributed by atoms with Crippen LogP contribution in [0.1, 0.15) is 17.2 Å². The third-order valence-electron chi connectivity index (χ3n) is 2.78. The summed E-state index contributed by atoms with van der Waals surface area (Å²) in [5, 5.41) is 10.3. The molecule has 2 rings (SSSR count). The molecule has 0 bridgehead atoms. The quantitative estimate of drug-likeness (QED) is 0.856. The maximum atomic E-state index is 13.6. The van der Waals surface area contributed by atoms with Crippen LogP contribution in [0.2, 0.25) is 5.02 Å². The molecule has 0 saturated heterocycles. The fourth-order valence-electron chi connectivity index (χ4n) is 1.80. The summed E-state index contributed by atoms with van der Waals surface area (Å²) >= 11 is 9.12. The minimum absolute atomic E-state index is 0.0203. The van der Waals surface area contributed by atoms with Gasteiger partial charge in [-0.15, -0.1) is 0 Å². The summed E-state index contributed by atoms with van der Waals surface area (Å²) in [6, 6.07) is 8.30. The third kappa shape index (κ3) is 3.32. The van der Waals surface area contributed by atoms with Gasteiger partial charge in [0, 0.05) is 21.5 Å². The Morgan fingerprint density at radius 2 is 1.95 bits per heavy atom. The zero-order valence-electron chi connectivity index (χ0n) is 9.71. The van der Waals surface area contributed by atoms with Crippen molar-refractivity contribution in [1.82, 2.24) is 0 Å². The van der Waals surface area contributed by atoms with E-state index in [2.05, 4.69) is 15.9 Å². The van der Waals surface area contributed by atoms with Crippen molar-refractivity contribution >= 4 is 27.5 Å². The fourth-order valence-corrected chi connectivity index (χ4v) is 2.55. The van der Waals surface area contributed by atoms with E-state index in [0.717, 1.165) is 0 Å². The molecule has 0 spiro atoms. The second kappa shape index (κ2) is 5.99. The lowest BCUT2D eigenvalue weighted by Crippen LogP contribution is -2.05. The van der Waals surface area contributed by atoms with Crippen LogP contribution in [-0.2, 0) is 6.42 Å². The first-order valence-electron chi connectivity index (χ1n) is 5.55. The summed E-state index contributed by atoms with van der Waals surface area (Å²) < 4.78 is 27.4. The van der Waals surface area contributed by atoms with E-state index in [-0.39, 0.29) is 17.0 Å². The summed E-state index contributed by atoms with van der Waals surface area (Å²) in [4.78, 5) is 0. The van der Waals surface area contributed by atoms with Crippen molar-refractivity contribution in [2.24, 2.45) is 0 Å². The Hall–Kier alpha value is -0.970. The van der Waals surface area contributed by atoms with Crippen LogP contribution < -0.4 is 0 Å². The van der Waals surface area contributed by atoms with Gasteiger partial charge in [0.1, 0.15) is 11.6 Å². The highest BCUT2D eigenvalue weighted by molar-refractivity contribution is 9.10. The highest BCUT2D eigenvalue weighted by Crippen LogP contribution is 2.30. The van der Waals surface area contributed by atoms with Gasteiger partial charge in [-0.25, -0.2) is 8.78 Å². The number of aliphatic hydroxyl groups is 1.